The van der Waals surface area contributed by atoms with Crippen molar-refractivity contribution < 1.29 is 17.9 Å². The molecule has 2 aromatic rings. The highest BCUT2D eigenvalue weighted by Gasteiger charge is 2.32. The average Bonchev–Trinajstić information content (AvgIpc) is 2.86. The number of terminal acetylenes is 1. The van der Waals surface area contributed by atoms with Gasteiger partial charge in [0.1, 0.15) is 12.3 Å². The van der Waals surface area contributed by atoms with Gasteiger partial charge in [-0.05, 0) is 17.7 Å². The van der Waals surface area contributed by atoms with Crippen molar-refractivity contribution in [2.24, 2.45) is 0 Å². The summed E-state index contributed by atoms with van der Waals surface area (Å²) in [6.07, 6.45) is 3.32. The van der Waals surface area contributed by atoms with Gasteiger partial charge in [0.05, 0.1) is 17.8 Å². The first-order valence-electron chi connectivity index (χ1n) is 5.69. The highest BCUT2D eigenvalue weighted by molar-refractivity contribution is 5.66. The molecule has 7 heteroatoms. The van der Waals surface area contributed by atoms with Crippen LogP contribution in [0.3, 0.4) is 0 Å². The van der Waals surface area contributed by atoms with Crippen LogP contribution in [-0.2, 0) is 6.54 Å². The fourth-order valence-corrected chi connectivity index (χ4v) is 1.70. The maximum atomic E-state index is 12.4. The monoisotopic (exact) mass is 291 g/mol. The van der Waals surface area contributed by atoms with E-state index < -0.39 is 12.1 Å². The van der Waals surface area contributed by atoms with Crippen LogP contribution < -0.4 is 4.74 Å². The molecule has 0 aliphatic rings. The van der Waals surface area contributed by atoms with Crippen LogP contribution in [0, 0.1) is 23.7 Å². The van der Waals surface area contributed by atoms with E-state index in [2.05, 4.69) is 15.8 Å². The highest BCUT2D eigenvalue weighted by atomic mass is 19.4. The van der Waals surface area contributed by atoms with Crippen molar-refractivity contribution >= 4 is 0 Å². The van der Waals surface area contributed by atoms with Crippen LogP contribution in [0.4, 0.5) is 13.2 Å². The smallest absolute Gasteiger partial charge is 0.404 e. The van der Waals surface area contributed by atoms with Gasteiger partial charge in [0, 0.05) is 11.8 Å². The van der Waals surface area contributed by atoms with Gasteiger partial charge in [-0.15, -0.1) is 19.6 Å². The molecule has 0 saturated heterocycles. The molecule has 0 aliphatic heterocycles. The first kappa shape index (κ1) is 14.5. The van der Waals surface area contributed by atoms with Gasteiger partial charge in [-0.1, -0.05) is 12.0 Å². The van der Waals surface area contributed by atoms with Gasteiger partial charge in [-0.2, -0.15) is 10.4 Å². The molecule has 0 spiro atoms. The molecule has 4 nitrogen and oxygen atoms in total. The molecule has 0 atom stereocenters. The minimum Gasteiger partial charge on any atom is -0.404 e. The van der Waals surface area contributed by atoms with Crippen LogP contribution in [0.15, 0.2) is 30.6 Å². The van der Waals surface area contributed by atoms with Crippen molar-refractivity contribution in [1.29, 1.82) is 5.26 Å². The molecule has 106 valence electrons. The number of benzene rings is 1. The molecule has 1 aromatic carbocycles. The first-order chi connectivity index (χ1) is 9.93. The van der Waals surface area contributed by atoms with Crippen molar-refractivity contribution in [2.45, 2.75) is 12.9 Å². The number of aromatic nitrogens is 2. The van der Waals surface area contributed by atoms with Crippen LogP contribution in [0.2, 0.25) is 0 Å². The number of rotatable bonds is 3. The van der Waals surface area contributed by atoms with Crippen LogP contribution in [0.1, 0.15) is 5.56 Å². The van der Waals surface area contributed by atoms with E-state index in [0.29, 0.717) is 11.1 Å². The molecule has 0 bridgehead atoms. The lowest BCUT2D eigenvalue weighted by Gasteiger charge is -2.11. The Morgan fingerprint density at radius 2 is 2.10 bits per heavy atom. The Kier molecular flexibility index (Phi) is 3.86. The molecule has 0 unspecified atom stereocenters. The third-order valence-corrected chi connectivity index (χ3v) is 2.56. The van der Waals surface area contributed by atoms with Crippen molar-refractivity contribution in [1.82, 2.24) is 9.78 Å². The van der Waals surface area contributed by atoms with E-state index in [0.717, 1.165) is 0 Å². The lowest BCUT2D eigenvalue weighted by Crippen LogP contribution is -2.17. The fourth-order valence-electron chi connectivity index (χ4n) is 1.70. The minimum absolute atomic E-state index is 0.000455. The van der Waals surface area contributed by atoms with E-state index in [-0.39, 0.29) is 12.1 Å². The molecular weight excluding hydrogens is 283 g/mol. The molecule has 0 fully saturated rings. The van der Waals surface area contributed by atoms with E-state index in [1.807, 2.05) is 6.07 Å². The van der Waals surface area contributed by atoms with Crippen LogP contribution in [0.5, 0.6) is 5.75 Å². The van der Waals surface area contributed by atoms with Gasteiger partial charge in [0.25, 0.3) is 0 Å². The van der Waals surface area contributed by atoms with Crippen LogP contribution >= 0.6 is 0 Å². The first-order valence-corrected chi connectivity index (χ1v) is 5.69. The Morgan fingerprint density at radius 1 is 1.33 bits per heavy atom. The number of hydrogen-bond donors (Lipinski definition) is 0. The summed E-state index contributed by atoms with van der Waals surface area (Å²) in [7, 11) is 0. The largest absolute Gasteiger partial charge is 0.573 e. The van der Waals surface area contributed by atoms with Gasteiger partial charge in [-0.3, -0.25) is 4.68 Å². The number of nitrogens with zero attached hydrogens (tertiary/aromatic N) is 3. The standard InChI is InChI=1S/C14H8F3N3O/c1-2-10-3-4-11(7-13(10)21-14(15,16)17)12-8-19-20(9-12)6-5-18/h1,3-4,7-9H,6H2. The maximum absolute atomic E-state index is 12.4. The van der Waals surface area contributed by atoms with Gasteiger partial charge >= 0.3 is 6.36 Å². The zero-order valence-corrected chi connectivity index (χ0v) is 10.6. The summed E-state index contributed by atoms with van der Waals surface area (Å²) in [5.74, 6) is 1.68. The maximum Gasteiger partial charge on any atom is 0.573 e. The topological polar surface area (TPSA) is 50.8 Å². The van der Waals surface area contributed by atoms with Gasteiger partial charge < -0.3 is 4.74 Å². The average molecular weight is 291 g/mol. The molecule has 0 saturated carbocycles. The lowest BCUT2D eigenvalue weighted by atomic mass is 10.1. The Bertz CT molecular complexity index is 735. The minimum atomic E-state index is -4.82. The quantitative estimate of drug-likeness (QED) is 0.817. The van der Waals surface area contributed by atoms with E-state index in [4.69, 9.17) is 11.7 Å². The van der Waals surface area contributed by atoms with E-state index in [1.54, 1.807) is 12.3 Å². The van der Waals surface area contributed by atoms with E-state index in [1.165, 1.54) is 23.0 Å². The van der Waals surface area contributed by atoms with Gasteiger partial charge in [-0.25, -0.2) is 0 Å². The third kappa shape index (κ3) is 3.54. The number of halogens is 3. The van der Waals surface area contributed by atoms with Crippen LogP contribution in [-0.4, -0.2) is 16.1 Å². The zero-order valence-electron chi connectivity index (χ0n) is 10.6. The van der Waals surface area contributed by atoms with Gasteiger partial charge in [0.15, 0.2) is 0 Å². The highest BCUT2D eigenvalue weighted by Crippen LogP contribution is 2.30. The summed E-state index contributed by atoms with van der Waals surface area (Å²) in [4.78, 5) is 0. The second-order valence-electron chi connectivity index (χ2n) is 3.99. The molecule has 1 aromatic heterocycles. The van der Waals surface area contributed by atoms with Crippen molar-refractivity contribution in [2.75, 3.05) is 0 Å². The Balaban J connectivity index is 2.39. The summed E-state index contributed by atoms with van der Waals surface area (Å²) in [6.45, 7) is 0.0499. The third-order valence-electron chi connectivity index (χ3n) is 2.56. The lowest BCUT2D eigenvalue weighted by molar-refractivity contribution is -0.274. The number of ether oxygens (including phenoxy) is 1. The molecular formula is C14H8F3N3O. The van der Waals surface area contributed by atoms with Crippen molar-refractivity contribution in [3.8, 4) is 35.3 Å². The normalized spacial score (nSPS) is 10.7. The van der Waals surface area contributed by atoms with Crippen molar-refractivity contribution in [3.63, 3.8) is 0 Å². The molecule has 0 aliphatic carbocycles. The second kappa shape index (κ2) is 5.59. The molecule has 0 N–H and O–H groups in total. The number of nitriles is 1. The molecule has 21 heavy (non-hydrogen) atoms. The fraction of sp³-hybridized carbons (Fsp3) is 0.143. The Hall–Kier alpha value is -2.93. The molecule has 2 rings (SSSR count). The summed E-state index contributed by atoms with van der Waals surface area (Å²) in [5.41, 5.74) is 1.01. The number of hydrogen-bond acceptors (Lipinski definition) is 3. The Labute approximate surface area is 118 Å². The summed E-state index contributed by atoms with van der Waals surface area (Å²) in [5, 5.41) is 12.5. The van der Waals surface area contributed by atoms with Crippen LogP contribution in [0.25, 0.3) is 11.1 Å². The summed E-state index contributed by atoms with van der Waals surface area (Å²) >= 11 is 0. The molecule has 1 heterocycles. The summed E-state index contributed by atoms with van der Waals surface area (Å²) < 4.78 is 42.3. The molecule has 0 amide bonds. The zero-order chi connectivity index (χ0) is 15.5. The Morgan fingerprint density at radius 3 is 2.71 bits per heavy atom. The predicted molar refractivity (Wildman–Crippen MR) is 67.9 cm³/mol. The number of alkyl halides is 3. The van der Waals surface area contributed by atoms with E-state index in [9.17, 15) is 13.2 Å². The van der Waals surface area contributed by atoms with E-state index >= 15 is 0 Å². The van der Waals surface area contributed by atoms with Crippen molar-refractivity contribution in [3.05, 3.63) is 36.2 Å². The van der Waals surface area contributed by atoms with Gasteiger partial charge in [0.2, 0.25) is 0 Å². The molecule has 0 radical (unpaired) electrons. The second-order valence-corrected chi connectivity index (χ2v) is 3.99. The summed E-state index contributed by atoms with van der Waals surface area (Å²) in [6, 6.07) is 6.02. The predicted octanol–water partition coefficient (Wildman–Crippen LogP) is 2.95. The SMILES string of the molecule is C#Cc1ccc(-c2cnn(CC#N)c2)cc1OC(F)(F)F.